The molecule has 0 N–H and O–H groups in total. The molecule has 1 fully saturated rings. The molecule has 0 saturated carbocycles. The van der Waals surface area contributed by atoms with E-state index in [-0.39, 0.29) is 6.10 Å². The molecule has 1 atom stereocenters. The Balaban J connectivity index is 2.45. The van der Waals surface area contributed by atoms with Crippen LogP contribution in [-0.2, 0) is 13.6 Å². The van der Waals surface area contributed by atoms with Gasteiger partial charge in [-0.1, -0.05) is 0 Å². The van der Waals surface area contributed by atoms with E-state index < -0.39 is 16.6 Å². The van der Waals surface area contributed by atoms with Gasteiger partial charge in [0, 0.05) is 20.3 Å². The van der Waals surface area contributed by atoms with Crippen LogP contribution in [0.15, 0.2) is 0 Å². The molecule has 4 nitrogen and oxygen atoms in total. The highest BCUT2D eigenvalue weighted by Crippen LogP contribution is 2.21. The van der Waals surface area contributed by atoms with Crippen LogP contribution >= 0.6 is 0 Å². The first-order valence-corrected chi connectivity index (χ1v) is 15.0. The van der Waals surface area contributed by atoms with Gasteiger partial charge in [-0.3, -0.25) is 0 Å². The van der Waals surface area contributed by atoms with E-state index >= 15 is 0 Å². The summed E-state index contributed by atoms with van der Waals surface area (Å²) in [6.45, 7) is 16.4. The minimum atomic E-state index is -1.49. The molecule has 1 saturated heterocycles. The van der Waals surface area contributed by atoms with E-state index in [4.69, 9.17) is 13.6 Å². The predicted molar refractivity (Wildman–Crippen MR) is 98.6 cm³/mol. The molecule has 132 valence electrons. The van der Waals surface area contributed by atoms with Gasteiger partial charge in [-0.05, 0) is 71.1 Å². The third-order valence-electron chi connectivity index (χ3n) is 4.34. The molecule has 1 aliphatic rings. The van der Waals surface area contributed by atoms with Gasteiger partial charge in [-0.25, -0.2) is 0 Å². The van der Waals surface area contributed by atoms with E-state index in [1.54, 1.807) is 7.11 Å². The summed E-state index contributed by atoms with van der Waals surface area (Å²) in [4.78, 5) is 2.57. The van der Waals surface area contributed by atoms with Crippen molar-refractivity contribution in [3.63, 3.8) is 0 Å². The number of hydrogen-bond donors (Lipinski definition) is 0. The fraction of sp³-hybridized carbons (Fsp3) is 1.00. The van der Waals surface area contributed by atoms with Gasteiger partial charge in [0.1, 0.15) is 0 Å². The van der Waals surface area contributed by atoms with Gasteiger partial charge in [0.05, 0.1) is 12.7 Å². The molecule has 0 aliphatic carbocycles. The van der Waals surface area contributed by atoms with Crippen molar-refractivity contribution in [3.8, 4) is 0 Å². The van der Waals surface area contributed by atoms with Crippen molar-refractivity contribution in [2.45, 2.75) is 64.1 Å². The van der Waals surface area contributed by atoms with Gasteiger partial charge in [-0.15, -0.1) is 0 Å². The van der Waals surface area contributed by atoms with Crippen molar-refractivity contribution < 1.29 is 13.6 Å². The number of rotatable bonds is 8. The van der Waals surface area contributed by atoms with E-state index in [0.717, 1.165) is 19.7 Å². The molecule has 0 aromatic carbocycles. The summed E-state index contributed by atoms with van der Waals surface area (Å²) in [6, 6.07) is 2.50. The lowest BCUT2D eigenvalue weighted by Crippen LogP contribution is -2.47. The van der Waals surface area contributed by atoms with E-state index in [1.165, 1.54) is 31.5 Å². The molecule has 1 unspecified atom stereocenters. The van der Waals surface area contributed by atoms with Crippen molar-refractivity contribution in [2.24, 2.45) is 0 Å². The van der Waals surface area contributed by atoms with E-state index in [0.29, 0.717) is 6.61 Å². The Bertz CT molecular complexity index is 314. The van der Waals surface area contributed by atoms with Crippen LogP contribution in [0.4, 0.5) is 0 Å². The SMILES string of the molecule is CCO[Si](C)(C)CCCN1CCC[Si](C)(C)OC(COC)C1. The van der Waals surface area contributed by atoms with Crippen LogP contribution in [0.1, 0.15) is 19.8 Å². The fourth-order valence-electron chi connectivity index (χ4n) is 3.32. The van der Waals surface area contributed by atoms with Crippen LogP contribution in [-0.4, -0.2) is 67.6 Å². The summed E-state index contributed by atoms with van der Waals surface area (Å²) < 4.78 is 17.7. The minimum absolute atomic E-state index is 0.240. The highest BCUT2D eigenvalue weighted by Gasteiger charge is 2.30. The second kappa shape index (κ2) is 9.54. The average Bonchev–Trinajstić information content (AvgIpc) is 2.35. The molecule has 0 aromatic rings. The minimum Gasteiger partial charge on any atom is -0.418 e. The molecular weight excluding hydrogens is 310 g/mol. The zero-order chi connectivity index (χ0) is 16.6. The number of methoxy groups -OCH3 is 1. The highest BCUT2D eigenvalue weighted by atomic mass is 28.4. The Morgan fingerprint density at radius 1 is 1.32 bits per heavy atom. The topological polar surface area (TPSA) is 30.9 Å². The first-order chi connectivity index (χ1) is 10.3. The molecule has 6 heteroatoms. The molecule has 1 heterocycles. The third kappa shape index (κ3) is 8.22. The van der Waals surface area contributed by atoms with Crippen LogP contribution in [0.5, 0.6) is 0 Å². The van der Waals surface area contributed by atoms with Crippen molar-refractivity contribution in [1.82, 2.24) is 4.90 Å². The van der Waals surface area contributed by atoms with E-state index in [2.05, 4.69) is 38.0 Å². The third-order valence-corrected chi connectivity index (χ3v) is 9.50. The normalized spacial score (nSPS) is 24.0. The zero-order valence-electron chi connectivity index (χ0n) is 15.6. The van der Waals surface area contributed by atoms with Crippen molar-refractivity contribution in [2.75, 3.05) is 40.0 Å². The standard InChI is InChI=1S/C16H37NO3Si2/c1-7-19-21(3,4)12-8-10-17-11-9-13-22(5,6)20-16(14-17)15-18-2/h16H,7-15H2,1-6H3. The average molecular weight is 348 g/mol. The summed E-state index contributed by atoms with van der Waals surface area (Å²) in [6.07, 6.45) is 2.74. The molecule has 1 aliphatic heterocycles. The van der Waals surface area contributed by atoms with Crippen LogP contribution in [0.3, 0.4) is 0 Å². The highest BCUT2D eigenvalue weighted by molar-refractivity contribution is 6.71. The van der Waals surface area contributed by atoms with Gasteiger partial charge < -0.3 is 18.5 Å². The Labute approximate surface area is 139 Å². The summed E-state index contributed by atoms with van der Waals surface area (Å²) in [5.74, 6) is 0. The van der Waals surface area contributed by atoms with Crippen molar-refractivity contribution in [3.05, 3.63) is 0 Å². The molecule has 0 spiro atoms. The van der Waals surface area contributed by atoms with Gasteiger partial charge in [0.15, 0.2) is 16.6 Å². The van der Waals surface area contributed by atoms with E-state index in [1.807, 2.05) is 0 Å². The van der Waals surface area contributed by atoms with Gasteiger partial charge in [-0.2, -0.15) is 0 Å². The quantitative estimate of drug-likeness (QED) is 0.628. The molecule has 0 aromatic heterocycles. The lowest BCUT2D eigenvalue weighted by Gasteiger charge is -2.36. The summed E-state index contributed by atoms with van der Waals surface area (Å²) in [7, 11) is -1.16. The van der Waals surface area contributed by atoms with Gasteiger partial charge in [0.25, 0.3) is 0 Å². The van der Waals surface area contributed by atoms with Crippen molar-refractivity contribution in [1.29, 1.82) is 0 Å². The molecule has 0 bridgehead atoms. The second-order valence-electron chi connectivity index (χ2n) is 7.66. The fourth-order valence-corrected chi connectivity index (χ4v) is 7.43. The van der Waals surface area contributed by atoms with Crippen LogP contribution < -0.4 is 0 Å². The van der Waals surface area contributed by atoms with Crippen molar-refractivity contribution >= 4 is 16.6 Å². The first kappa shape index (κ1) is 20.3. The molecule has 0 radical (unpaired) electrons. The zero-order valence-corrected chi connectivity index (χ0v) is 17.6. The molecule has 1 rings (SSSR count). The van der Waals surface area contributed by atoms with Gasteiger partial charge in [0.2, 0.25) is 0 Å². The summed E-state index contributed by atoms with van der Waals surface area (Å²) in [5, 5.41) is 0. The largest absolute Gasteiger partial charge is 0.418 e. The van der Waals surface area contributed by atoms with Crippen LogP contribution in [0, 0.1) is 0 Å². The van der Waals surface area contributed by atoms with Crippen LogP contribution in [0.25, 0.3) is 0 Å². The second-order valence-corrected chi connectivity index (χ2v) is 16.2. The maximum Gasteiger partial charge on any atom is 0.187 e. The first-order valence-electron chi connectivity index (χ1n) is 8.81. The predicted octanol–water partition coefficient (Wildman–Crippen LogP) is 3.56. The summed E-state index contributed by atoms with van der Waals surface area (Å²) in [5.41, 5.74) is 0. The number of nitrogens with zero attached hydrogens (tertiary/aromatic N) is 1. The lowest BCUT2D eigenvalue weighted by atomic mass is 10.3. The Kier molecular flexibility index (Phi) is 8.81. The Hall–Kier alpha value is 0.274. The van der Waals surface area contributed by atoms with E-state index in [9.17, 15) is 0 Å². The van der Waals surface area contributed by atoms with Gasteiger partial charge >= 0.3 is 0 Å². The maximum absolute atomic E-state index is 6.39. The lowest BCUT2D eigenvalue weighted by molar-refractivity contribution is 0.0425. The Morgan fingerprint density at radius 3 is 2.68 bits per heavy atom. The Morgan fingerprint density at radius 2 is 2.05 bits per heavy atom. The maximum atomic E-state index is 6.39. The molecule has 22 heavy (non-hydrogen) atoms. The number of ether oxygens (including phenoxy) is 1. The molecule has 0 amide bonds. The summed E-state index contributed by atoms with van der Waals surface area (Å²) >= 11 is 0. The molecular formula is C16H37NO3Si2. The smallest absolute Gasteiger partial charge is 0.187 e. The van der Waals surface area contributed by atoms with Crippen LogP contribution in [0.2, 0.25) is 38.3 Å². The number of hydrogen-bond acceptors (Lipinski definition) is 4. The monoisotopic (exact) mass is 347 g/mol.